The van der Waals surface area contributed by atoms with Gasteiger partial charge in [-0.2, -0.15) is 0 Å². The molecule has 2 heteroatoms. The molecular formula is C19H18O2. The maximum atomic E-state index is 11.4. The van der Waals surface area contributed by atoms with Crippen LogP contribution in [0, 0.1) is 5.92 Å². The molecule has 0 saturated carbocycles. The standard InChI is InChI=1S/C19H18O2/c20-19(21)18-12-11-16-5-3-14(4-6-16)1-2-15-7-9-17(13-18)10-8-15/h3-12,18H,1-2,13H2,(H,20,21)/b12-11-/t18-/m1/s1. The van der Waals surface area contributed by atoms with Crippen LogP contribution < -0.4 is 0 Å². The van der Waals surface area contributed by atoms with Gasteiger partial charge in [0.1, 0.15) is 0 Å². The first kappa shape index (κ1) is 13.6. The van der Waals surface area contributed by atoms with Gasteiger partial charge in [-0.25, -0.2) is 0 Å². The first-order valence-corrected chi connectivity index (χ1v) is 7.28. The summed E-state index contributed by atoms with van der Waals surface area (Å²) in [6.07, 6.45) is 6.27. The van der Waals surface area contributed by atoms with Crippen LogP contribution in [-0.4, -0.2) is 11.1 Å². The van der Waals surface area contributed by atoms with Crippen molar-refractivity contribution in [1.82, 2.24) is 0 Å². The molecule has 4 aliphatic carbocycles. The molecule has 1 N–H and O–H groups in total. The predicted octanol–water partition coefficient (Wildman–Crippen LogP) is 3.74. The summed E-state index contributed by atoms with van der Waals surface area (Å²) in [6.45, 7) is 0. The van der Waals surface area contributed by atoms with Crippen molar-refractivity contribution in [3.05, 3.63) is 76.9 Å². The molecule has 0 fully saturated rings. The van der Waals surface area contributed by atoms with Gasteiger partial charge in [0.15, 0.2) is 0 Å². The number of carbonyl (C=O) groups is 1. The van der Waals surface area contributed by atoms with Crippen molar-refractivity contribution in [2.75, 3.05) is 0 Å². The van der Waals surface area contributed by atoms with Crippen molar-refractivity contribution >= 4 is 12.0 Å². The first-order chi connectivity index (χ1) is 10.2. The molecule has 0 amide bonds. The maximum Gasteiger partial charge on any atom is 0.310 e. The summed E-state index contributed by atoms with van der Waals surface area (Å²) >= 11 is 0. The van der Waals surface area contributed by atoms with Crippen molar-refractivity contribution in [2.45, 2.75) is 19.3 Å². The van der Waals surface area contributed by atoms with Gasteiger partial charge in [0, 0.05) is 0 Å². The SMILES string of the molecule is O=C(O)[C@@H]1/C=C\c2ccc(cc2)CCc2ccc(cc2)C1. The lowest BCUT2D eigenvalue weighted by molar-refractivity contribution is -0.140. The Labute approximate surface area is 124 Å². The van der Waals surface area contributed by atoms with Gasteiger partial charge in [-0.05, 0) is 41.5 Å². The molecule has 0 aromatic heterocycles. The monoisotopic (exact) mass is 278 g/mol. The molecule has 4 bridgehead atoms. The van der Waals surface area contributed by atoms with Crippen LogP contribution in [0.25, 0.3) is 6.08 Å². The van der Waals surface area contributed by atoms with Gasteiger partial charge in [-0.15, -0.1) is 0 Å². The van der Waals surface area contributed by atoms with Crippen molar-refractivity contribution in [2.24, 2.45) is 5.92 Å². The molecule has 6 rings (SSSR count). The highest BCUT2D eigenvalue weighted by molar-refractivity contribution is 5.74. The quantitative estimate of drug-likeness (QED) is 0.862. The number of carboxylic acid groups (broad SMARTS) is 1. The van der Waals surface area contributed by atoms with Crippen LogP contribution in [0.2, 0.25) is 0 Å². The average Bonchev–Trinajstić information content (AvgIpc) is 2.51. The summed E-state index contributed by atoms with van der Waals surface area (Å²) in [7, 11) is 0. The molecule has 0 radical (unpaired) electrons. The molecule has 106 valence electrons. The zero-order valence-electron chi connectivity index (χ0n) is 11.8. The first-order valence-electron chi connectivity index (χ1n) is 7.28. The summed E-state index contributed by atoms with van der Waals surface area (Å²) in [4.78, 5) is 11.4. The lowest BCUT2D eigenvalue weighted by Gasteiger charge is -2.10. The van der Waals surface area contributed by atoms with E-state index < -0.39 is 11.9 Å². The Balaban J connectivity index is 1.98. The van der Waals surface area contributed by atoms with E-state index in [1.54, 1.807) is 6.08 Å². The van der Waals surface area contributed by atoms with Crippen LogP contribution in [0.5, 0.6) is 0 Å². The lowest BCUT2D eigenvalue weighted by atomic mass is 9.95. The number of carboxylic acids is 1. The van der Waals surface area contributed by atoms with E-state index in [-0.39, 0.29) is 0 Å². The van der Waals surface area contributed by atoms with Crippen molar-refractivity contribution in [3.63, 3.8) is 0 Å². The van der Waals surface area contributed by atoms with E-state index in [1.807, 2.05) is 18.2 Å². The zero-order valence-corrected chi connectivity index (χ0v) is 11.8. The van der Waals surface area contributed by atoms with E-state index in [4.69, 9.17) is 0 Å². The summed E-state index contributed by atoms with van der Waals surface area (Å²) in [5, 5.41) is 9.37. The predicted molar refractivity (Wildman–Crippen MR) is 84.2 cm³/mol. The minimum absolute atomic E-state index is 0.488. The smallest absolute Gasteiger partial charge is 0.310 e. The molecule has 2 aromatic carbocycles. The number of benzene rings is 2. The van der Waals surface area contributed by atoms with Crippen LogP contribution in [0.4, 0.5) is 0 Å². The molecule has 0 unspecified atom stereocenters. The number of hydrogen-bond donors (Lipinski definition) is 1. The maximum absolute atomic E-state index is 11.4. The summed E-state index contributed by atoms with van der Waals surface area (Å²) in [6, 6.07) is 16.7. The molecular weight excluding hydrogens is 260 g/mol. The fourth-order valence-corrected chi connectivity index (χ4v) is 2.64. The summed E-state index contributed by atoms with van der Waals surface area (Å²) < 4.78 is 0. The average molecular weight is 278 g/mol. The van der Waals surface area contributed by atoms with Crippen LogP contribution in [-0.2, 0) is 24.1 Å². The second kappa shape index (κ2) is 5.96. The Hall–Kier alpha value is -2.35. The van der Waals surface area contributed by atoms with Crippen LogP contribution in [0.15, 0.2) is 54.6 Å². The Morgan fingerprint density at radius 1 is 0.857 bits per heavy atom. The molecule has 1 atom stereocenters. The van der Waals surface area contributed by atoms with E-state index in [0.717, 1.165) is 24.0 Å². The van der Waals surface area contributed by atoms with Gasteiger partial charge in [0.2, 0.25) is 0 Å². The van der Waals surface area contributed by atoms with Crippen LogP contribution in [0.1, 0.15) is 22.3 Å². The largest absolute Gasteiger partial charge is 0.481 e. The molecule has 2 nitrogen and oxygen atoms in total. The fraction of sp³-hybridized carbons (Fsp3) is 0.211. The van der Waals surface area contributed by atoms with Crippen LogP contribution in [0.3, 0.4) is 0 Å². The highest BCUT2D eigenvalue weighted by Crippen LogP contribution is 2.17. The third kappa shape index (κ3) is 3.40. The van der Waals surface area contributed by atoms with Gasteiger partial charge < -0.3 is 5.11 Å². The minimum atomic E-state index is -0.779. The van der Waals surface area contributed by atoms with E-state index in [9.17, 15) is 9.90 Å². The Bertz CT molecular complexity index is 651. The molecule has 2 aromatic rings. The summed E-state index contributed by atoms with van der Waals surface area (Å²) in [5.41, 5.74) is 4.73. The Morgan fingerprint density at radius 2 is 1.38 bits per heavy atom. The topological polar surface area (TPSA) is 37.3 Å². The molecule has 4 aliphatic rings. The highest BCUT2D eigenvalue weighted by atomic mass is 16.4. The minimum Gasteiger partial charge on any atom is -0.481 e. The van der Waals surface area contributed by atoms with Crippen LogP contribution >= 0.6 is 0 Å². The Kier molecular flexibility index (Phi) is 3.87. The molecule has 21 heavy (non-hydrogen) atoms. The number of rotatable bonds is 1. The molecule has 0 heterocycles. The fourth-order valence-electron chi connectivity index (χ4n) is 2.64. The van der Waals surface area contributed by atoms with Gasteiger partial charge in [-0.1, -0.05) is 60.7 Å². The number of hydrogen-bond acceptors (Lipinski definition) is 1. The van der Waals surface area contributed by atoms with E-state index in [1.165, 1.54) is 11.1 Å². The third-order valence-electron chi connectivity index (χ3n) is 4.00. The molecule has 0 aliphatic heterocycles. The molecule has 0 spiro atoms. The van der Waals surface area contributed by atoms with Crippen molar-refractivity contribution < 1.29 is 9.90 Å². The van der Waals surface area contributed by atoms with E-state index in [0.29, 0.717) is 6.42 Å². The second-order valence-electron chi connectivity index (χ2n) is 5.57. The van der Waals surface area contributed by atoms with Crippen molar-refractivity contribution in [1.29, 1.82) is 0 Å². The van der Waals surface area contributed by atoms with Gasteiger partial charge >= 0.3 is 5.97 Å². The molecule has 0 saturated heterocycles. The summed E-state index contributed by atoms with van der Waals surface area (Å²) in [5.74, 6) is -1.27. The van der Waals surface area contributed by atoms with Crippen molar-refractivity contribution in [3.8, 4) is 0 Å². The zero-order chi connectivity index (χ0) is 14.7. The Morgan fingerprint density at radius 3 is 1.95 bits per heavy atom. The second-order valence-corrected chi connectivity index (χ2v) is 5.57. The third-order valence-corrected chi connectivity index (χ3v) is 4.00. The number of aliphatic carboxylic acids is 1. The van der Waals surface area contributed by atoms with Gasteiger partial charge in [0.25, 0.3) is 0 Å². The van der Waals surface area contributed by atoms with E-state index in [2.05, 4.69) is 36.4 Å². The normalized spacial score (nSPS) is 19.1. The lowest BCUT2D eigenvalue weighted by Crippen LogP contribution is -2.14. The van der Waals surface area contributed by atoms with E-state index >= 15 is 0 Å². The van der Waals surface area contributed by atoms with Gasteiger partial charge in [0.05, 0.1) is 5.92 Å². The number of aryl methyl sites for hydroxylation is 2. The van der Waals surface area contributed by atoms with Gasteiger partial charge in [-0.3, -0.25) is 4.79 Å². The highest BCUT2D eigenvalue weighted by Gasteiger charge is 2.14.